The number of hydrogen-bond acceptors (Lipinski definition) is 4. The molecule has 0 spiro atoms. The van der Waals surface area contributed by atoms with Gasteiger partial charge in [-0.15, -0.1) is 0 Å². The molecule has 0 N–H and O–H groups in total. The number of methoxy groups -OCH3 is 1. The zero-order valence-electron chi connectivity index (χ0n) is 12.2. The van der Waals surface area contributed by atoms with Crippen molar-refractivity contribution in [2.24, 2.45) is 0 Å². The summed E-state index contributed by atoms with van der Waals surface area (Å²) in [6.07, 6.45) is -2.18. The summed E-state index contributed by atoms with van der Waals surface area (Å²) in [5, 5.41) is 0. The maximum Gasteiger partial charge on any atom is 0.406 e. The molecule has 0 saturated heterocycles. The van der Waals surface area contributed by atoms with Crippen molar-refractivity contribution in [2.75, 3.05) is 7.11 Å². The van der Waals surface area contributed by atoms with E-state index in [0.717, 1.165) is 17.0 Å². The zero-order chi connectivity index (χ0) is 17.1. The topological polar surface area (TPSA) is 61.2 Å². The average molecular weight is 348 g/mol. The van der Waals surface area contributed by atoms with Crippen LogP contribution < -0.4 is 4.74 Å². The predicted octanol–water partition coefficient (Wildman–Crippen LogP) is 2.57. The lowest BCUT2D eigenvalue weighted by atomic mass is 10.2. The standard InChI is InChI=1S/C14H15F3N2O3S/c1-22-12-5-3-2-4-11(12)8-23(20,21)9-13-18-6-7-19(13)10-14(15,16)17/h2-7H,8-10H2,1H3. The number of para-hydroxylation sites is 1. The van der Waals surface area contributed by atoms with Gasteiger partial charge in [0.2, 0.25) is 0 Å². The molecular formula is C14H15F3N2O3S. The highest BCUT2D eigenvalue weighted by atomic mass is 32.2. The van der Waals surface area contributed by atoms with Crippen LogP contribution in [0.3, 0.4) is 0 Å². The normalized spacial score (nSPS) is 12.3. The van der Waals surface area contributed by atoms with Gasteiger partial charge in [0, 0.05) is 18.0 Å². The van der Waals surface area contributed by atoms with E-state index in [-0.39, 0.29) is 11.6 Å². The predicted molar refractivity (Wildman–Crippen MR) is 77.6 cm³/mol. The highest BCUT2D eigenvalue weighted by Gasteiger charge is 2.29. The molecule has 0 fully saturated rings. The molecule has 0 aliphatic heterocycles. The van der Waals surface area contributed by atoms with E-state index >= 15 is 0 Å². The monoisotopic (exact) mass is 348 g/mol. The lowest BCUT2D eigenvalue weighted by molar-refractivity contribution is -0.141. The Bertz CT molecular complexity index is 770. The molecule has 23 heavy (non-hydrogen) atoms. The first kappa shape index (κ1) is 17.3. The first-order valence-corrected chi connectivity index (χ1v) is 8.41. The molecule has 0 radical (unpaired) electrons. The summed E-state index contributed by atoms with van der Waals surface area (Å²) in [4.78, 5) is 3.72. The fourth-order valence-electron chi connectivity index (χ4n) is 2.12. The SMILES string of the molecule is COc1ccccc1CS(=O)(=O)Cc1nccn1CC(F)(F)F. The molecule has 0 unspecified atom stereocenters. The van der Waals surface area contributed by atoms with E-state index in [1.165, 1.54) is 7.11 Å². The van der Waals surface area contributed by atoms with Gasteiger partial charge in [-0.2, -0.15) is 13.2 Å². The number of alkyl halides is 3. The van der Waals surface area contributed by atoms with Crippen molar-refractivity contribution < 1.29 is 26.3 Å². The smallest absolute Gasteiger partial charge is 0.406 e. The molecule has 2 aromatic rings. The number of aromatic nitrogens is 2. The number of nitrogens with zero attached hydrogens (tertiary/aromatic N) is 2. The molecule has 2 rings (SSSR count). The van der Waals surface area contributed by atoms with E-state index in [0.29, 0.717) is 11.3 Å². The first-order valence-electron chi connectivity index (χ1n) is 6.59. The van der Waals surface area contributed by atoms with Crippen LogP contribution in [0.4, 0.5) is 13.2 Å². The van der Waals surface area contributed by atoms with Crippen LogP contribution in [0, 0.1) is 0 Å². The van der Waals surface area contributed by atoms with E-state index < -0.39 is 28.3 Å². The first-order chi connectivity index (χ1) is 10.7. The summed E-state index contributed by atoms with van der Waals surface area (Å²) in [6.45, 7) is -1.27. The third-order valence-electron chi connectivity index (χ3n) is 3.07. The number of hydrogen-bond donors (Lipinski definition) is 0. The van der Waals surface area contributed by atoms with Gasteiger partial charge in [-0.3, -0.25) is 0 Å². The van der Waals surface area contributed by atoms with Gasteiger partial charge in [-0.05, 0) is 6.07 Å². The Balaban J connectivity index is 2.18. The van der Waals surface area contributed by atoms with Crippen molar-refractivity contribution in [3.8, 4) is 5.75 Å². The third kappa shape index (κ3) is 4.98. The van der Waals surface area contributed by atoms with Gasteiger partial charge < -0.3 is 9.30 Å². The Kier molecular flexibility index (Phi) is 4.98. The van der Waals surface area contributed by atoms with Crippen LogP contribution in [0.25, 0.3) is 0 Å². The number of sulfone groups is 1. The fourth-order valence-corrected chi connectivity index (χ4v) is 3.57. The summed E-state index contributed by atoms with van der Waals surface area (Å²) < 4.78 is 67.8. The summed E-state index contributed by atoms with van der Waals surface area (Å²) in [5.41, 5.74) is 0.448. The van der Waals surface area contributed by atoms with Crippen molar-refractivity contribution in [3.05, 3.63) is 48.0 Å². The minimum Gasteiger partial charge on any atom is -0.496 e. The van der Waals surface area contributed by atoms with Gasteiger partial charge in [0.15, 0.2) is 9.84 Å². The summed E-state index contributed by atoms with van der Waals surface area (Å²) in [7, 11) is -2.28. The molecule has 1 aromatic heterocycles. The van der Waals surface area contributed by atoms with Gasteiger partial charge in [-0.1, -0.05) is 18.2 Å². The minimum atomic E-state index is -4.44. The second-order valence-corrected chi connectivity index (χ2v) is 7.00. The average Bonchev–Trinajstić information content (AvgIpc) is 2.83. The lowest BCUT2D eigenvalue weighted by Gasteiger charge is -2.12. The minimum absolute atomic E-state index is 0.141. The Labute approximate surface area is 131 Å². The molecule has 0 atom stereocenters. The Morgan fingerprint density at radius 2 is 1.91 bits per heavy atom. The van der Waals surface area contributed by atoms with E-state index in [2.05, 4.69) is 4.98 Å². The van der Waals surface area contributed by atoms with Gasteiger partial charge in [-0.25, -0.2) is 13.4 Å². The van der Waals surface area contributed by atoms with E-state index in [1.807, 2.05) is 0 Å². The molecule has 0 aliphatic carbocycles. The number of imidazole rings is 1. The van der Waals surface area contributed by atoms with E-state index in [1.54, 1.807) is 24.3 Å². The molecule has 9 heteroatoms. The Morgan fingerprint density at radius 3 is 2.57 bits per heavy atom. The molecule has 0 amide bonds. The van der Waals surface area contributed by atoms with Gasteiger partial charge in [0.25, 0.3) is 0 Å². The van der Waals surface area contributed by atoms with Crippen LogP contribution >= 0.6 is 0 Å². The molecule has 0 saturated carbocycles. The van der Waals surface area contributed by atoms with Gasteiger partial charge in [0.05, 0.1) is 12.9 Å². The highest BCUT2D eigenvalue weighted by molar-refractivity contribution is 7.89. The highest BCUT2D eigenvalue weighted by Crippen LogP contribution is 2.23. The maximum absolute atomic E-state index is 12.5. The maximum atomic E-state index is 12.5. The second kappa shape index (κ2) is 6.61. The molecule has 126 valence electrons. The number of ether oxygens (including phenoxy) is 1. The largest absolute Gasteiger partial charge is 0.496 e. The quantitative estimate of drug-likeness (QED) is 0.805. The summed E-state index contributed by atoms with van der Waals surface area (Å²) in [5.74, 6) is -0.642. The fraction of sp³-hybridized carbons (Fsp3) is 0.357. The van der Waals surface area contributed by atoms with Crippen LogP contribution in [0.15, 0.2) is 36.7 Å². The number of halogens is 3. The van der Waals surface area contributed by atoms with Crippen LogP contribution in [0.5, 0.6) is 5.75 Å². The third-order valence-corrected chi connectivity index (χ3v) is 4.52. The van der Waals surface area contributed by atoms with Crippen molar-refractivity contribution in [2.45, 2.75) is 24.2 Å². The van der Waals surface area contributed by atoms with Crippen LogP contribution in [-0.2, 0) is 27.9 Å². The van der Waals surface area contributed by atoms with Gasteiger partial charge in [0.1, 0.15) is 23.9 Å². The van der Waals surface area contributed by atoms with Crippen LogP contribution in [-0.4, -0.2) is 31.3 Å². The van der Waals surface area contributed by atoms with E-state index in [4.69, 9.17) is 4.74 Å². The zero-order valence-corrected chi connectivity index (χ0v) is 13.1. The lowest BCUT2D eigenvalue weighted by Crippen LogP contribution is -2.20. The molecule has 1 aromatic carbocycles. The number of rotatable bonds is 6. The summed E-state index contributed by atoms with van der Waals surface area (Å²) >= 11 is 0. The Hall–Kier alpha value is -2.03. The second-order valence-electron chi connectivity index (χ2n) is 4.93. The van der Waals surface area contributed by atoms with Crippen molar-refractivity contribution in [3.63, 3.8) is 0 Å². The molecule has 1 heterocycles. The van der Waals surface area contributed by atoms with Gasteiger partial charge >= 0.3 is 6.18 Å². The molecule has 0 bridgehead atoms. The van der Waals surface area contributed by atoms with Crippen molar-refractivity contribution in [1.82, 2.24) is 9.55 Å². The number of benzene rings is 1. The van der Waals surface area contributed by atoms with Crippen LogP contribution in [0.2, 0.25) is 0 Å². The van der Waals surface area contributed by atoms with E-state index in [9.17, 15) is 21.6 Å². The van der Waals surface area contributed by atoms with Crippen molar-refractivity contribution in [1.29, 1.82) is 0 Å². The molecule has 5 nitrogen and oxygen atoms in total. The summed E-state index contributed by atoms with van der Waals surface area (Å²) in [6, 6.07) is 6.58. The van der Waals surface area contributed by atoms with Crippen LogP contribution in [0.1, 0.15) is 11.4 Å². The molecular weight excluding hydrogens is 333 g/mol. The van der Waals surface area contributed by atoms with Crippen molar-refractivity contribution >= 4 is 9.84 Å². The Morgan fingerprint density at radius 1 is 1.22 bits per heavy atom. The molecule has 0 aliphatic rings.